The van der Waals surface area contributed by atoms with Crippen molar-refractivity contribution in [2.75, 3.05) is 0 Å². The van der Waals surface area contributed by atoms with E-state index in [0.29, 0.717) is 0 Å². The van der Waals surface area contributed by atoms with Crippen molar-refractivity contribution in [2.24, 2.45) is 0 Å². The maximum Gasteiger partial charge on any atom is 0.0583 e. The lowest BCUT2D eigenvalue weighted by molar-refractivity contribution is 1.03. The highest BCUT2D eigenvalue weighted by atomic mass is 15.0. The van der Waals surface area contributed by atoms with Crippen molar-refractivity contribution < 1.29 is 0 Å². The lowest BCUT2D eigenvalue weighted by Gasteiger charge is -2.23. The highest BCUT2D eigenvalue weighted by molar-refractivity contribution is 6.19. The Labute approximate surface area is 197 Å². The Morgan fingerprint density at radius 1 is 0.500 bits per heavy atom. The summed E-state index contributed by atoms with van der Waals surface area (Å²) < 4.78 is 2.57. The standard InChI is InChI=1S/C33H21N/c1-3-9-25-19(7-1)13-21-18-30-22(17-28(21)25)15-24-16-23-14-20-8-2-4-10-26(20)31(23)32-27-11-5-6-12-29(27)34(30)33(24)32/h1-12,16-18H,13-15H2. The normalized spacial score (nSPS) is 14.1. The quantitative estimate of drug-likeness (QED) is 0.231. The smallest absolute Gasteiger partial charge is 0.0583 e. The zero-order valence-electron chi connectivity index (χ0n) is 18.7. The van der Waals surface area contributed by atoms with E-state index in [-0.39, 0.29) is 0 Å². The first-order chi connectivity index (χ1) is 16.8. The van der Waals surface area contributed by atoms with Crippen LogP contribution in [0.3, 0.4) is 0 Å². The molecular weight excluding hydrogens is 410 g/mol. The second-order valence-electron chi connectivity index (χ2n) is 10.1. The van der Waals surface area contributed by atoms with Gasteiger partial charge in [-0.3, -0.25) is 0 Å². The Kier molecular flexibility index (Phi) is 3.00. The lowest BCUT2D eigenvalue weighted by Crippen LogP contribution is -2.09. The molecule has 158 valence electrons. The van der Waals surface area contributed by atoms with Gasteiger partial charge in [0.2, 0.25) is 0 Å². The Morgan fingerprint density at radius 3 is 2.12 bits per heavy atom. The summed E-state index contributed by atoms with van der Waals surface area (Å²) in [7, 11) is 0. The summed E-state index contributed by atoms with van der Waals surface area (Å²) in [6.07, 6.45) is 3.07. The first-order valence-corrected chi connectivity index (χ1v) is 12.3. The molecule has 1 nitrogen and oxygen atoms in total. The number of fused-ring (bicyclic) bond motifs is 12. The van der Waals surface area contributed by atoms with Crippen LogP contribution in [0, 0.1) is 0 Å². The van der Waals surface area contributed by atoms with Crippen molar-refractivity contribution >= 4 is 21.8 Å². The van der Waals surface area contributed by atoms with E-state index in [1.54, 1.807) is 0 Å². The molecule has 0 unspecified atom stereocenters. The average Bonchev–Trinajstić information content (AvgIpc) is 3.53. The monoisotopic (exact) mass is 431 g/mol. The summed E-state index contributed by atoms with van der Waals surface area (Å²) in [5, 5.41) is 2.83. The molecule has 0 atom stereocenters. The van der Waals surface area contributed by atoms with Crippen molar-refractivity contribution in [3.8, 4) is 27.9 Å². The first-order valence-electron chi connectivity index (χ1n) is 12.3. The summed E-state index contributed by atoms with van der Waals surface area (Å²) >= 11 is 0. The number of para-hydroxylation sites is 1. The molecule has 6 aromatic rings. The molecule has 0 saturated carbocycles. The number of rotatable bonds is 0. The predicted octanol–water partition coefficient (Wildman–Crippen LogP) is 7.83. The zero-order chi connectivity index (χ0) is 22.0. The van der Waals surface area contributed by atoms with E-state index >= 15 is 0 Å². The van der Waals surface area contributed by atoms with Crippen molar-refractivity contribution in [2.45, 2.75) is 19.3 Å². The summed E-state index contributed by atoms with van der Waals surface area (Å²) in [5.41, 5.74) is 18.6. The largest absolute Gasteiger partial charge is 0.309 e. The molecule has 0 saturated heterocycles. The first kappa shape index (κ1) is 17.4. The molecule has 0 bridgehead atoms. The molecule has 0 N–H and O–H groups in total. The number of nitrogens with zero attached hydrogens (tertiary/aromatic N) is 1. The maximum absolute atomic E-state index is 2.57. The van der Waals surface area contributed by atoms with Gasteiger partial charge in [-0.15, -0.1) is 0 Å². The van der Waals surface area contributed by atoms with Gasteiger partial charge in [0.25, 0.3) is 0 Å². The fourth-order valence-corrected chi connectivity index (χ4v) is 7.03. The minimum Gasteiger partial charge on any atom is -0.309 e. The Balaban J connectivity index is 1.42. The van der Waals surface area contributed by atoms with Crippen molar-refractivity contribution in [1.29, 1.82) is 0 Å². The minimum atomic E-state index is 1.00. The molecular formula is C33H21N. The minimum absolute atomic E-state index is 1.00. The fourth-order valence-electron chi connectivity index (χ4n) is 7.03. The van der Waals surface area contributed by atoms with Crippen LogP contribution in [0.15, 0.2) is 91.0 Å². The molecule has 9 rings (SSSR count). The molecule has 2 aliphatic carbocycles. The highest BCUT2D eigenvalue weighted by Crippen LogP contribution is 2.50. The van der Waals surface area contributed by atoms with Crippen molar-refractivity contribution in [1.82, 2.24) is 4.57 Å². The van der Waals surface area contributed by atoms with E-state index in [4.69, 9.17) is 0 Å². The van der Waals surface area contributed by atoms with Gasteiger partial charge in [-0.25, -0.2) is 0 Å². The zero-order valence-corrected chi connectivity index (χ0v) is 18.7. The van der Waals surface area contributed by atoms with Crippen LogP contribution in [0.25, 0.3) is 49.7 Å². The third-order valence-electron chi connectivity index (χ3n) is 8.38. The van der Waals surface area contributed by atoms with Crippen molar-refractivity contribution in [3.05, 3.63) is 124 Å². The average molecular weight is 432 g/mol. The van der Waals surface area contributed by atoms with Crippen LogP contribution >= 0.6 is 0 Å². The molecule has 1 heteroatoms. The third-order valence-corrected chi connectivity index (χ3v) is 8.38. The van der Waals surface area contributed by atoms with Crippen molar-refractivity contribution in [3.63, 3.8) is 0 Å². The molecule has 0 amide bonds. The molecule has 1 aromatic heterocycles. The van der Waals surface area contributed by atoms with Gasteiger partial charge in [-0.2, -0.15) is 0 Å². The summed E-state index contributed by atoms with van der Waals surface area (Å²) in [6, 6.07) is 34.4. The van der Waals surface area contributed by atoms with Crippen LogP contribution in [-0.2, 0) is 19.3 Å². The number of benzene rings is 5. The van der Waals surface area contributed by atoms with Gasteiger partial charge in [0.1, 0.15) is 0 Å². The number of hydrogen-bond donors (Lipinski definition) is 0. The van der Waals surface area contributed by atoms with E-state index in [9.17, 15) is 0 Å². The Hall–Kier alpha value is -4.10. The van der Waals surface area contributed by atoms with Crippen LogP contribution in [0.5, 0.6) is 0 Å². The Bertz CT molecular complexity index is 1880. The van der Waals surface area contributed by atoms with Crippen LogP contribution in [-0.4, -0.2) is 4.57 Å². The SMILES string of the molecule is c1ccc2c(c1)Cc1cc3c(cc1-2)Cc1cc2c(c4c5ccccc5n-3c14)-c1ccccc1C2. The molecule has 0 radical (unpaired) electrons. The van der Waals surface area contributed by atoms with E-state index in [2.05, 4.69) is 95.6 Å². The molecule has 5 aromatic carbocycles. The molecule has 2 heterocycles. The Morgan fingerprint density at radius 2 is 1.21 bits per heavy atom. The lowest BCUT2D eigenvalue weighted by atomic mass is 9.90. The molecule has 1 aliphatic heterocycles. The topological polar surface area (TPSA) is 4.93 Å². The maximum atomic E-state index is 2.57. The van der Waals surface area contributed by atoms with Gasteiger partial charge in [-0.1, -0.05) is 72.8 Å². The van der Waals surface area contributed by atoms with Crippen LogP contribution in [0.2, 0.25) is 0 Å². The van der Waals surface area contributed by atoms with Gasteiger partial charge in [-0.05, 0) is 86.7 Å². The molecule has 0 fully saturated rings. The summed E-state index contributed by atoms with van der Waals surface area (Å²) in [6.45, 7) is 0. The van der Waals surface area contributed by atoms with Gasteiger partial charge < -0.3 is 4.57 Å². The summed E-state index contributed by atoms with van der Waals surface area (Å²) in [4.78, 5) is 0. The van der Waals surface area contributed by atoms with Gasteiger partial charge in [0.05, 0.1) is 16.7 Å². The van der Waals surface area contributed by atoms with E-state index in [1.807, 2.05) is 0 Å². The molecule has 34 heavy (non-hydrogen) atoms. The highest BCUT2D eigenvalue weighted by Gasteiger charge is 2.31. The van der Waals surface area contributed by atoms with Gasteiger partial charge in [0, 0.05) is 17.2 Å². The summed E-state index contributed by atoms with van der Waals surface area (Å²) in [5.74, 6) is 0. The predicted molar refractivity (Wildman–Crippen MR) is 140 cm³/mol. The van der Waals surface area contributed by atoms with E-state index in [1.165, 1.54) is 83.1 Å². The van der Waals surface area contributed by atoms with E-state index < -0.39 is 0 Å². The van der Waals surface area contributed by atoms with Gasteiger partial charge in [0.15, 0.2) is 0 Å². The van der Waals surface area contributed by atoms with E-state index in [0.717, 1.165) is 19.3 Å². The fraction of sp³-hybridized carbons (Fsp3) is 0.0909. The molecule has 3 aliphatic rings. The number of aromatic nitrogens is 1. The third kappa shape index (κ3) is 1.98. The second-order valence-corrected chi connectivity index (χ2v) is 10.1. The second kappa shape index (κ2) is 5.87. The van der Waals surface area contributed by atoms with Crippen LogP contribution in [0.1, 0.15) is 33.4 Å². The molecule has 0 spiro atoms. The van der Waals surface area contributed by atoms with Crippen LogP contribution < -0.4 is 0 Å². The van der Waals surface area contributed by atoms with Gasteiger partial charge >= 0.3 is 0 Å². The number of hydrogen-bond acceptors (Lipinski definition) is 0. The van der Waals surface area contributed by atoms with Crippen LogP contribution in [0.4, 0.5) is 0 Å².